The van der Waals surface area contributed by atoms with E-state index in [1.165, 1.54) is 11.3 Å². The van der Waals surface area contributed by atoms with Crippen LogP contribution in [-0.2, 0) is 11.2 Å². The lowest BCUT2D eigenvalue weighted by Gasteiger charge is -2.09. The first-order valence-corrected chi connectivity index (χ1v) is 9.58. The molecular weight excluding hydrogens is 364 g/mol. The highest BCUT2D eigenvalue weighted by atomic mass is 32.1. The van der Waals surface area contributed by atoms with E-state index in [9.17, 15) is 9.59 Å². The Labute approximate surface area is 160 Å². The zero-order valence-electron chi connectivity index (χ0n) is 15.3. The zero-order valence-corrected chi connectivity index (χ0v) is 16.1. The summed E-state index contributed by atoms with van der Waals surface area (Å²) in [6.45, 7) is 5.72. The number of aromatic nitrogens is 2. The molecule has 1 aromatic carbocycles. The molecule has 0 bridgehead atoms. The molecule has 0 atom stereocenters. The van der Waals surface area contributed by atoms with Gasteiger partial charge in [-0.3, -0.25) is 4.79 Å². The number of Topliss-reactive ketones (excluding diaryl/α,β-unsaturated/α-hetero) is 1. The Kier molecular flexibility index (Phi) is 4.39. The molecule has 6 nitrogen and oxygen atoms in total. The van der Waals surface area contributed by atoms with Crippen LogP contribution in [0.25, 0.3) is 10.2 Å². The van der Waals surface area contributed by atoms with Crippen LogP contribution in [0.2, 0.25) is 0 Å². The molecule has 0 fully saturated rings. The molecule has 0 saturated carbocycles. The van der Waals surface area contributed by atoms with Gasteiger partial charge in [-0.2, -0.15) is 4.98 Å². The SMILES string of the molecule is CCOC(=O)c1sc2nc(C)nc(Oc3ccc4c(c3)CCC4=O)c2c1C. The number of ketones is 1. The summed E-state index contributed by atoms with van der Waals surface area (Å²) < 4.78 is 11.2. The number of thiophene rings is 1. The molecule has 3 aromatic rings. The van der Waals surface area contributed by atoms with Crippen LogP contribution in [0, 0.1) is 13.8 Å². The van der Waals surface area contributed by atoms with E-state index in [0.717, 1.165) is 23.1 Å². The molecule has 2 aromatic heterocycles. The minimum Gasteiger partial charge on any atom is -0.462 e. The molecule has 0 saturated heterocycles. The molecule has 0 spiro atoms. The van der Waals surface area contributed by atoms with Crippen molar-refractivity contribution in [3.05, 3.63) is 45.6 Å². The number of rotatable bonds is 4. The highest BCUT2D eigenvalue weighted by Gasteiger charge is 2.23. The maximum absolute atomic E-state index is 12.2. The topological polar surface area (TPSA) is 78.4 Å². The smallest absolute Gasteiger partial charge is 0.348 e. The van der Waals surface area contributed by atoms with E-state index < -0.39 is 0 Å². The van der Waals surface area contributed by atoms with Gasteiger partial charge in [0.1, 0.15) is 21.3 Å². The van der Waals surface area contributed by atoms with E-state index >= 15 is 0 Å². The molecule has 1 aliphatic rings. The first-order valence-electron chi connectivity index (χ1n) is 8.76. The number of esters is 1. The Hall–Kier alpha value is -2.80. The second-order valence-electron chi connectivity index (χ2n) is 6.38. The lowest BCUT2D eigenvalue weighted by Crippen LogP contribution is -2.03. The molecule has 0 N–H and O–H groups in total. The van der Waals surface area contributed by atoms with Crippen LogP contribution in [-0.4, -0.2) is 28.3 Å². The highest BCUT2D eigenvalue weighted by molar-refractivity contribution is 7.20. The van der Waals surface area contributed by atoms with Crippen molar-refractivity contribution in [2.45, 2.75) is 33.6 Å². The number of hydrogen-bond acceptors (Lipinski definition) is 7. The van der Waals surface area contributed by atoms with Crippen molar-refractivity contribution in [2.75, 3.05) is 6.61 Å². The third kappa shape index (κ3) is 3.08. The first-order chi connectivity index (χ1) is 13.0. The van der Waals surface area contributed by atoms with E-state index in [4.69, 9.17) is 9.47 Å². The van der Waals surface area contributed by atoms with Gasteiger partial charge in [-0.15, -0.1) is 11.3 Å². The van der Waals surface area contributed by atoms with Crippen molar-refractivity contribution in [1.29, 1.82) is 0 Å². The Bertz CT molecular complexity index is 1090. The average molecular weight is 382 g/mol. The van der Waals surface area contributed by atoms with Crippen molar-refractivity contribution in [2.24, 2.45) is 0 Å². The van der Waals surface area contributed by atoms with Gasteiger partial charge in [0.25, 0.3) is 0 Å². The summed E-state index contributed by atoms with van der Waals surface area (Å²) in [5, 5.41) is 0.713. The normalized spacial score (nSPS) is 13.1. The van der Waals surface area contributed by atoms with Gasteiger partial charge in [0.15, 0.2) is 5.78 Å². The number of hydrogen-bond donors (Lipinski definition) is 0. The Morgan fingerprint density at radius 3 is 2.81 bits per heavy atom. The molecular formula is C20H18N2O4S. The number of aryl methyl sites for hydroxylation is 3. The highest BCUT2D eigenvalue weighted by Crippen LogP contribution is 2.38. The van der Waals surface area contributed by atoms with Crippen molar-refractivity contribution in [3.63, 3.8) is 0 Å². The molecule has 138 valence electrons. The predicted octanol–water partition coefficient (Wildman–Crippen LogP) is 4.41. The number of nitrogens with zero attached hydrogens (tertiary/aromatic N) is 2. The maximum Gasteiger partial charge on any atom is 0.348 e. The van der Waals surface area contributed by atoms with Gasteiger partial charge in [0.05, 0.1) is 12.0 Å². The van der Waals surface area contributed by atoms with E-state index in [2.05, 4.69) is 9.97 Å². The monoisotopic (exact) mass is 382 g/mol. The van der Waals surface area contributed by atoms with Crippen LogP contribution < -0.4 is 4.74 Å². The van der Waals surface area contributed by atoms with Crippen molar-refractivity contribution in [3.8, 4) is 11.6 Å². The third-order valence-electron chi connectivity index (χ3n) is 4.54. The summed E-state index contributed by atoms with van der Waals surface area (Å²) in [6.07, 6.45) is 1.27. The molecule has 0 unspecified atom stereocenters. The number of carbonyl (C=O) groups excluding carboxylic acids is 2. The summed E-state index contributed by atoms with van der Waals surface area (Å²) in [7, 11) is 0. The van der Waals surface area contributed by atoms with Crippen LogP contribution in [0.4, 0.5) is 0 Å². The summed E-state index contributed by atoms with van der Waals surface area (Å²) in [5.41, 5.74) is 2.51. The largest absolute Gasteiger partial charge is 0.462 e. The lowest BCUT2D eigenvalue weighted by molar-refractivity contribution is 0.0531. The fourth-order valence-corrected chi connectivity index (χ4v) is 4.39. The van der Waals surface area contributed by atoms with E-state index in [1.807, 2.05) is 13.0 Å². The summed E-state index contributed by atoms with van der Waals surface area (Å²) >= 11 is 1.28. The first kappa shape index (κ1) is 17.6. The van der Waals surface area contributed by atoms with E-state index in [1.54, 1.807) is 26.0 Å². The molecule has 7 heteroatoms. The minimum atomic E-state index is -0.363. The van der Waals surface area contributed by atoms with Crippen LogP contribution in [0.1, 0.15) is 50.3 Å². The number of fused-ring (bicyclic) bond motifs is 2. The van der Waals surface area contributed by atoms with Gasteiger partial charge < -0.3 is 9.47 Å². The number of benzene rings is 1. The number of ether oxygens (including phenoxy) is 2. The van der Waals surface area contributed by atoms with Crippen molar-refractivity contribution in [1.82, 2.24) is 9.97 Å². The van der Waals surface area contributed by atoms with Gasteiger partial charge in [-0.1, -0.05) is 0 Å². The average Bonchev–Trinajstić information content (AvgIpc) is 3.15. The van der Waals surface area contributed by atoms with Crippen molar-refractivity contribution < 1.29 is 19.1 Å². The van der Waals surface area contributed by atoms with Gasteiger partial charge in [0, 0.05) is 12.0 Å². The van der Waals surface area contributed by atoms with Crippen LogP contribution in [0.15, 0.2) is 18.2 Å². The van der Waals surface area contributed by atoms with Gasteiger partial charge in [-0.25, -0.2) is 9.78 Å². The molecule has 4 rings (SSSR count). The van der Waals surface area contributed by atoms with Gasteiger partial charge >= 0.3 is 5.97 Å². The van der Waals surface area contributed by atoms with Gasteiger partial charge in [0.2, 0.25) is 5.88 Å². The quantitative estimate of drug-likeness (QED) is 0.622. The van der Waals surface area contributed by atoms with Gasteiger partial charge in [-0.05, 0) is 56.5 Å². The molecule has 27 heavy (non-hydrogen) atoms. The summed E-state index contributed by atoms with van der Waals surface area (Å²) in [4.78, 5) is 34.1. The van der Waals surface area contributed by atoms with Crippen LogP contribution in [0.5, 0.6) is 11.6 Å². The van der Waals surface area contributed by atoms with E-state index in [-0.39, 0.29) is 11.8 Å². The predicted molar refractivity (Wildman–Crippen MR) is 102 cm³/mol. The fourth-order valence-electron chi connectivity index (χ4n) is 3.28. The van der Waals surface area contributed by atoms with Crippen molar-refractivity contribution >= 4 is 33.3 Å². The standard InChI is InChI=1S/C20H18N2O4S/c1-4-25-20(24)17-10(2)16-18(21-11(3)22-19(16)27-17)26-13-6-7-14-12(9-13)5-8-15(14)23/h6-7,9H,4-5,8H2,1-3H3. The maximum atomic E-state index is 12.2. The van der Waals surface area contributed by atoms with Crippen LogP contribution >= 0.6 is 11.3 Å². The zero-order chi connectivity index (χ0) is 19.1. The van der Waals surface area contributed by atoms with E-state index in [0.29, 0.717) is 45.6 Å². The summed E-state index contributed by atoms with van der Waals surface area (Å²) in [6, 6.07) is 5.46. The second kappa shape index (κ2) is 6.74. The molecule has 1 aliphatic carbocycles. The summed E-state index contributed by atoms with van der Waals surface area (Å²) in [5.74, 6) is 1.39. The number of carbonyl (C=O) groups is 2. The fraction of sp³-hybridized carbons (Fsp3) is 0.300. The Balaban J connectivity index is 1.77. The van der Waals surface area contributed by atoms with Crippen LogP contribution in [0.3, 0.4) is 0 Å². The second-order valence-corrected chi connectivity index (χ2v) is 7.38. The molecule has 0 radical (unpaired) electrons. The molecule has 0 amide bonds. The minimum absolute atomic E-state index is 0.171. The Morgan fingerprint density at radius 2 is 2.04 bits per heavy atom. The third-order valence-corrected chi connectivity index (χ3v) is 5.71. The lowest BCUT2D eigenvalue weighted by atomic mass is 10.1. The molecule has 2 heterocycles. The molecule has 0 aliphatic heterocycles. The Morgan fingerprint density at radius 1 is 1.22 bits per heavy atom.